The fourth-order valence-electron chi connectivity index (χ4n) is 6.30. The summed E-state index contributed by atoms with van der Waals surface area (Å²) >= 11 is 12.7. The number of ether oxygens (including phenoxy) is 1. The van der Waals surface area contributed by atoms with Gasteiger partial charge in [-0.1, -0.05) is 77.8 Å². The van der Waals surface area contributed by atoms with Crippen molar-refractivity contribution in [3.05, 3.63) is 106 Å². The first-order valence-corrected chi connectivity index (χ1v) is 15.1. The van der Waals surface area contributed by atoms with E-state index >= 15 is 0 Å². The Kier molecular flexibility index (Phi) is 9.35. The molecule has 0 radical (unpaired) electrons. The number of hydrogen-bond donors (Lipinski definition) is 1. The van der Waals surface area contributed by atoms with E-state index in [9.17, 15) is 9.59 Å². The second-order valence-electron chi connectivity index (χ2n) is 11.1. The highest BCUT2D eigenvalue weighted by molar-refractivity contribution is 6.42. The quantitative estimate of drug-likeness (QED) is 0.334. The number of morpholine rings is 1. The second-order valence-corrected chi connectivity index (χ2v) is 12.0. The molecule has 0 saturated carbocycles. The number of carbonyl (C=O) groups is 2. The number of amides is 2. The molecular formula is C33H37Cl2N3O3. The Morgan fingerprint density at radius 2 is 1.56 bits per heavy atom. The second kappa shape index (κ2) is 13.0. The number of likely N-dealkylation sites (tertiary alicyclic amines) is 1. The van der Waals surface area contributed by atoms with Crippen molar-refractivity contribution < 1.29 is 14.3 Å². The number of piperidine rings is 1. The van der Waals surface area contributed by atoms with Gasteiger partial charge in [0.15, 0.2) is 0 Å². The summed E-state index contributed by atoms with van der Waals surface area (Å²) in [6.45, 7) is 5.67. The molecule has 2 fully saturated rings. The minimum atomic E-state index is -0.684. The van der Waals surface area contributed by atoms with E-state index in [1.807, 2.05) is 65.6 Å². The SMILES string of the molecule is CC(=O)NC1(c2ccccc2)CCN(CCCC2(c3ccc(Cl)c(Cl)c3)CN(C(=O)c3ccccc3)CCO2)CC1. The lowest BCUT2D eigenvalue weighted by Crippen LogP contribution is -2.53. The fraction of sp³-hybridized carbons (Fsp3) is 0.394. The third kappa shape index (κ3) is 6.78. The average molecular weight is 595 g/mol. The molecule has 0 aromatic heterocycles. The maximum Gasteiger partial charge on any atom is 0.254 e. The number of nitrogens with zero attached hydrogens (tertiary/aromatic N) is 2. The first kappa shape index (κ1) is 29.6. The van der Waals surface area contributed by atoms with Crippen LogP contribution >= 0.6 is 23.2 Å². The van der Waals surface area contributed by atoms with Crippen LogP contribution in [0, 0.1) is 0 Å². The van der Waals surface area contributed by atoms with Crippen LogP contribution in [0.5, 0.6) is 0 Å². The molecule has 41 heavy (non-hydrogen) atoms. The molecule has 8 heteroatoms. The molecule has 216 valence electrons. The Labute approximate surface area is 252 Å². The molecule has 2 aliphatic rings. The van der Waals surface area contributed by atoms with Gasteiger partial charge in [-0.2, -0.15) is 0 Å². The first-order chi connectivity index (χ1) is 19.8. The smallest absolute Gasteiger partial charge is 0.254 e. The number of nitrogens with one attached hydrogen (secondary N) is 1. The van der Waals surface area contributed by atoms with E-state index in [0.29, 0.717) is 35.3 Å². The van der Waals surface area contributed by atoms with Gasteiger partial charge in [0.25, 0.3) is 5.91 Å². The van der Waals surface area contributed by atoms with Crippen molar-refractivity contribution in [2.24, 2.45) is 0 Å². The molecule has 2 amide bonds. The highest BCUT2D eigenvalue weighted by Crippen LogP contribution is 2.39. The van der Waals surface area contributed by atoms with E-state index in [1.54, 1.807) is 13.0 Å². The van der Waals surface area contributed by atoms with Gasteiger partial charge in [0.1, 0.15) is 5.60 Å². The Balaban J connectivity index is 1.29. The highest BCUT2D eigenvalue weighted by atomic mass is 35.5. The maximum absolute atomic E-state index is 13.4. The van der Waals surface area contributed by atoms with Gasteiger partial charge in [0, 0.05) is 32.1 Å². The molecule has 3 aromatic rings. The lowest BCUT2D eigenvalue weighted by atomic mass is 9.80. The first-order valence-electron chi connectivity index (χ1n) is 14.3. The van der Waals surface area contributed by atoms with E-state index in [2.05, 4.69) is 22.3 Å². The zero-order valence-electron chi connectivity index (χ0n) is 23.5. The van der Waals surface area contributed by atoms with Crippen molar-refractivity contribution in [1.82, 2.24) is 15.1 Å². The highest BCUT2D eigenvalue weighted by Gasteiger charge is 2.41. The third-order valence-corrected chi connectivity index (χ3v) is 9.18. The van der Waals surface area contributed by atoms with Crippen molar-refractivity contribution in [2.45, 2.75) is 43.7 Å². The third-order valence-electron chi connectivity index (χ3n) is 8.45. The lowest BCUT2D eigenvalue weighted by Gasteiger charge is -2.45. The number of benzene rings is 3. The van der Waals surface area contributed by atoms with E-state index in [4.69, 9.17) is 27.9 Å². The van der Waals surface area contributed by atoms with Crippen molar-refractivity contribution in [3.63, 3.8) is 0 Å². The summed E-state index contributed by atoms with van der Waals surface area (Å²) in [7, 11) is 0. The number of carbonyl (C=O) groups excluding carboxylic acids is 2. The van der Waals surface area contributed by atoms with Crippen LogP contribution in [0.15, 0.2) is 78.9 Å². The van der Waals surface area contributed by atoms with E-state index in [1.165, 1.54) is 0 Å². The van der Waals surface area contributed by atoms with Gasteiger partial charge in [-0.3, -0.25) is 9.59 Å². The molecule has 1 N–H and O–H groups in total. The van der Waals surface area contributed by atoms with Gasteiger partial charge in [-0.05, 0) is 67.6 Å². The summed E-state index contributed by atoms with van der Waals surface area (Å²) in [6.07, 6.45) is 3.32. The van der Waals surface area contributed by atoms with Crippen LogP contribution in [0.4, 0.5) is 0 Å². The molecule has 2 heterocycles. The standard InChI is InChI=1S/C33H37Cl2N3O3/c1-25(39)36-32(27-11-6-3-7-12-27)16-19-37(20-17-32)18-8-15-33(28-13-14-29(34)30(35)23-28)24-38(21-22-41-33)31(40)26-9-4-2-5-10-26/h2-7,9-14,23H,8,15-22,24H2,1H3,(H,36,39). The summed E-state index contributed by atoms with van der Waals surface area (Å²) in [6, 6.07) is 25.3. The summed E-state index contributed by atoms with van der Waals surface area (Å²) in [5.74, 6) is -0.000453. The van der Waals surface area contributed by atoms with Crippen LogP contribution in [0.3, 0.4) is 0 Å². The molecule has 2 aliphatic heterocycles. The Hall–Kier alpha value is -2.90. The lowest BCUT2D eigenvalue weighted by molar-refractivity contribution is -0.121. The van der Waals surface area contributed by atoms with Crippen molar-refractivity contribution >= 4 is 35.0 Å². The molecule has 3 aromatic carbocycles. The van der Waals surface area contributed by atoms with Crippen LogP contribution in [0.2, 0.25) is 10.0 Å². The fourth-order valence-corrected chi connectivity index (χ4v) is 6.60. The number of rotatable bonds is 8. The van der Waals surface area contributed by atoms with Gasteiger partial charge in [0.2, 0.25) is 5.91 Å². The van der Waals surface area contributed by atoms with E-state index in [-0.39, 0.29) is 17.4 Å². The summed E-state index contributed by atoms with van der Waals surface area (Å²) in [5, 5.41) is 4.23. The topological polar surface area (TPSA) is 61.9 Å². The molecule has 2 saturated heterocycles. The minimum absolute atomic E-state index is 0.00425. The number of hydrogen-bond acceptors (Lipinski definition) is 4. The zero-order chi connectivity index (χ0) is 28.9. The molecule has 5 rings (SSSR count). The Morgan fingerprint density at radius 1 is 0.878 bits per heavy atom. The van der Waals surface area contributed by atoms with Crippen LogP contribution < -0.4 is 5.32 Å². The molecule has 1 unspecified atom stereocenters. The molecule has 1 atom stereocenters. The van der Waals surface area contributed by atoms with Gasteiger partial charge in [0.05, 0.1) is 28.7 Å². The predicted molar refractivity (Wildman–Crippen MR) is 163 cm³/mol. The van der Waals surface area contributed by atoms with Crippen LogP contribution in [0.1, 0.15) is 54.1 Å². The van der Waals surface area contributed by atoms with Crippen molar-refractivity contribution in [2.75, 3.05) is 39.3 Å². The maximum atomic E-state index is 13.4. The summed E-state index contributed by atoms with van der Waals surface area (Å²) in [5.41, 5.74) is 1.75. The molecule has 6 nitrogen and oxygen atoms in total. The van der Waals surface area contributed by atoms with E-state index < -0.39 is 5.60 Å². The molecular weight excluding hydrogens is 557 g/mol. The van der Waals surface area contributed by atoms with Crippen molar-refractivity contribution in [3.8, 4) is 0 Å². The normalized spacial score (nSPS) is 20.9. The van der Waals surface area contributed by atoms with E-state index in [0.717, 1.165) is 56.4 Å². The molecule has 0 bridgehead atoms. The zero-order valence-corrected chi connectivity index (χ0v) is 25.0. The van der Waals surface area contributed by atoms with Crippen LogP contribution in [0.25, 0.3) is 0 Å². The average Bonchev–Trinajstić information content (AvgIpc) is 3.00. The Bertz CT molecular complexity index is 1350. The van der Waals surface area contributed by atoms with Gasteiger partial charge >= 0.3 is 0 Å². The minimum Gasteiger partial charge on any atom is -0.367 e. The molecule has 0 spiro atoms. The van der Waals surface area contributed by atoms with Crippen LogP contribution in [-0.4, -0.2) is 60.9 Å². The summed E-state index contributed by atoms with van der Waals surface area (Å²) < 4.78 is 6.53. The van der Waals surface area contributed by atoms with Gasteiger partial charge in [-0.25, -0.2) is 0 Å². The van der Waals surface area contributed by atoms with Gasteiger partial charge in [-0.15, -0.1) is 0 Å². The predicted octanol–water partition coefficient (Wildman–Crippen LogP) is 6.27. The Morgan fingerprint density at radius 3 is 2.22 bits per heavy atom. The van der Waals surface area contributed by atoms with Crippen molar-refractivity contribution in [1.29, 1.82) is 0 Å². The summed E-state index contributed by atoms with van der Waals surface area (Å²) in [4.78, 5) is 29.9. The van der Waals surface area contributed by atoms with Crippen LogP contribution in [-0.2, 0) is 20.7 Å². The monoisotopic (exact) mass is 593 g/mol. The largest absolute Gasteiger partial charge is 0.367 e. The van der Waals surface area contributed by atoms with Gasteiger partial charge < -0.3 is 19.9 Å². The number of halogens is 2. The molecule has 0 aliphatic carbocycles.